The Hall–Kier alpha value is -2.88. The lowest BCUT2D eigenvalue weighted by molar-refractivity contribution is 1.10. The average molecular weight is 318 g/mol. The van der Waals surface area contributed by atoms with Gasteiger partial charge < -0.3 is 10.6 Å². The van der Waals surface area contributed by atoms with Crippen LogP contribution in [0.3, 0.4) is 0 Å². The summed E-state index contributed by atoms with van der Waals surface area (Å²) in [5.41, 5.74) is 6.57. The van der Waals surface area contributed by atoms with Crippen molar-refractivity contribution in [2.24, 2.45) is 0 Å². The molecule has 0 bridgehead atoms. The minimum absolute atomic E-state index is 0.594. The molecule has 0 saturated heterocycles. The second-order valence-electron chi connectivity index (χ2n) is 6.16. The highest BCUT2D eigenvalue weighted by Crippen LogP contribution is 2.22. The maximum absolute atomic E-state index is 4.59. The fraction of sp³-hybridized carbons (Fsp3) is 0.200. The number of aromatic nitrogens is 2. The third kappa shape index (κ3) is 3.90. The van der Waals surface area contributed by atoms with Crippen molar-refractivity contribution in [2.45, 2.75) is 27.7 Å². The van der Waals surface area contributed by atoms with Crippen LogP contribution in [0.15, 0.2) is 48.5 Å². The van der Waals surface area contributed by atoms with Gasteiger partial charge in [-0.1, -0.05) is 24.3 Å². The van der Waals surface area contributed by atoms with Crippen LogP contribution in [0, 0.1) is 27.7 Å². The van der Waals surface area contributed by atoms with Gasteiger partial charge in [-0.15, -0.1) is 0 Å². The molecule has 0 aliphatic rings. The standard InChI is InChI=1S/C20H22N4/c1-13-9-14(2)11-17(10-13)22-19-12-16(4)21-20(24-19)23-18-8-6-5-7-15(18)3/h5-12H,1-4H3,(H2,21,22,23,24). The highest BCUT2D eigenvalue weighted by atomic mass is 15.1. The number of rotatable bonds is 4. The largest absolute Gasteiger partial charge is 0.340 e. The minimum atomic E-state index is 0.594. The van der Waals surface area contributed by atoms with Crippen molar-refractivity contribution >= 4 is 23.1 Å². The fourth-order valence-electron chi connectivity index (χ4n) is 2.72. The molecule has 0 aliphatic heterocycles. The zero-order valence-corrected chi connectivity index (χ0v) is 14.5. The molecule has 0 radical (unpaired) electrons. The SMILES string of the molecule is Cc1cc(C)cc(Nc2cc(C)nc(Nc3ccccc3C)n2)c1. The Labute approximate surface area is 143 Å². The molecule has 0 fully saturated rings. The van der Waals surface area contributed by atoms with Crippen LogP contribution in [0.2, 0.25) is 0 Å². The number of nitrogens with zero attached hydrogens (tertiary/aromatic N) is 2. The van der Waals surface area contributed by atoms with Gasteiger partial charge in [-0.2, -0.15) is 4.98 Å². The first-order valence-electron chi connectivity index (χ1n) is 8.03. The number of hydrogen-bond donors (Lipinski definition) is 2. The van der Waals surface area contributed by atoms with Crippen molar-refractivity contribution in [3.63, 3.8) is 0 Å². The summed E-state index contributed by atoms with van der Waals surface area (Å²) in [7, 11) is 0. The summed E-state index contributed by atoms with van der Waals surface area (Å²) in [6, 6.07) is 16.4. The van der Waals surface area contributed by atoms with E-state index in [0.29, 0.717) is 5.95 Å². The van der Waals surface area contributed by atoms with E-state index in [9.17, 15) is 0 Å². The Morgan fingerprint density at radius 3 is 2.17 bits per heavy atom. The molecule has 2 N–H and O–H groups in total. The maximum Gasteiger partial charge on any atom is 0.229 e. The van der Waals surface area contributed by atoms with Crippen LogP contribution in [0.4, 0.5) is 23.1 Å². The molecule has 1 aromatic heterocycles. The van der Waals surface area contributed by atoms with Crippen LogP contribution in [0.25, 0.3) is 0 Å². The highest BCUT2D eigenvalue weighted by molar-refractivity contribution is 5.62. The Morgan fingerprint density at radius 1 is 0.750 bits per heavy atom. The summed E-state index contributed by atoms with van der Waals surface area (Å²) in [6.45, 7) is 8.22. The first kappa shape index (κ1) is 16.0. The van der Waals surface area contributed by atoms with Gasteiger partial charge in [0.05, 0.1) is 0 Å². The van der Waals surface area contributed by atoms with Crippen molar-refractivity contribution in [1.82, 2.24) is 9.97 Å². The van der Waals surface area contributed by atoms with E-state index in [1.165, 1.54) is 11.1 Å². The Morgan fingerprint density at radius 2 is 1.46 bits per heavy atom. The Bertz CT molecular complexity index is 851. The molecule has 4 heteroatoms. The summed E-state index contributed by atoms with van der Waals surface area (Å²) < 4.78 is 0. The number of nitrogens with one attached hydrogen (secondary N) is 2. The van der Waals surface area contributed by atoms with E-state index in [4.69, 9.17) is 0 Å². The maximum atomic E-state index is 4.59. The van der Waals surface area contributed by atoms with Crippen molar-refractivity contribution in [3.8, 4) is 0 Å². The lowest BCUT2D eigenvalue weighted by Gasteiger charge is -2.12. The van der Waals surface area contributed by atoms with Crippen LogP contribution in [0.1, 0.15) is 22.4 Å². The first-order valence-corrected chi connectivity index (χ1v) is 8.03. The van der Waals surface area contributed by atoms with Gasteiger partial charge in [0.1, 0.15) is 5.82 Å². The summed E-state index contributed by atoms with van der Waals surface area (Å²) in [4.78, 5) is 9.08. The van der Waals surface area contributed by atoms with E-state index in [-0.39, 0.29) is 0 Å². The highest BCUT2D eigenvalue weighted by Gasteiger charge is 2.05. The van der Waals surface area contributed by atoms with Crippen LogP contribution in [-0.4, -0.2) is 9.97 Å². The number of anilines is 4. The smallest absolute Gasteiger partial charge is 0.229 e. The molecule has 0 amide bonds. The van der Waals surface area contributed by atoms with Crippen molar-refractivity contribution in [3.05, 3.63) is 70.9 Å². The number of hydrogen-bond acceptors (Lipinski definition) is 4. The van der Waals surface area contributed by atoms with Gasteiger partial charge in [0.25, 0.3) is 0 Å². The van der Waals surface area contributed by atoms with Crippen molar-refractivity contribution in [1.29, 1.82) is 0 Å². The quantitative estimate of drug-likeness (QED) is 0.694. The van der Waals surface area contributed by atoms with Gasteiger partial charge in [-0.05, 0) is 62.6 Å². The summed E-state index contributed by atoms with van der Waals surface area (Å²) >= 11 is 0. The number of benzene rings is 2. The number of aryl methyl sites for hydroxylation is 4. The van der Waals surface area contributed by atoms with Gasteiger partial charge in [0.2, 0.25) is 5.95 Å². The summed E-state index contributed by atoms with van der Waals surface area (Å²) in [5.74, 6) is 1.37. The third-order valence-electron chi connectivity index (χ3n) is 3.74. The topological polar surface area (TPSA) is 49.8 Å². The second-order valence-corrected chi connectivity index (χ2v) is 6.16. The lowest BCUT2D eigenvalue weighted by atomic mass is 10.1. The van der Waals surface area contributed by atoms with E-state index in [1.807, 2.05) is 31.2 Å². The normalized spacial score (nSPS) is 10.5. The third-order valence-corrected chi connectivity index (χ3v) is 3.74. The van der Waals surface area contributed by atoms with Crippen molar-refractivity contribution in [2.75, 3.05) is 10.6 Å². The monoisotopic (exact) mass is 318 g/mol. The van der Waals surface area contributed by atoms with Gasteiger partial charge in [0, 0.05) is 23.1 Å². The zero-order valence-electron chi connectivity index (χ0n) is 14.5. The lowest BCUT2D eigenvalue weighted by Crippen LogP contribution is -2.03. The van der Waals surface area contributed by atoms with Crippen LogP contribution in [0.5, 0.6) is 0 Å². The molecule has 24 heavy (non-hydrogen) atoms. The van der Waals surface area contributed by atoms with E-state index in [0.717, 1.165) is 28.5 Å². The molecule has 4 nitrogen and oxygen atoms in total. The summed E-state index contributed by atoms with van der Waals surface area (Å²) in [6.07, 6.45) is 0. The van der Waals surface area contributed by atoms with E-state index in [1.54, 1.807) is 0 Å². The molecule has 2 aromatic carbocycles. The van der Waals surface area contributed by atoms with Crippen molar-refractivity contribution < 1.29 is 0 Å². The Balaban J connectivity index is 1.87. The molecule has 1 heterocycles. The summed E-state index contributed by atoms with van der Waals surface area (Å²) in [5, 5.41) is 6.68. The molecular weight excluding hydrogens is 296 g/mol. The molecule has 3 aromatic rings. The van der Waals surface area contributed by atoms with Gasteiger partial charge >= 0.3 is 0 Å². The predicted molar refractivity (Wildman–Crippen MR) is 100 cm³/mol. The molecule has 122 valence electrons. The number of para-hydroxylation sites is 1. The molecule has 0 saturated carbocycles. The van der Waals surface area contributed by atoms with Crippen LogP contribution < -0.4 is 10.6 Å². The minimum Gasteiger partial charge on any atom is -0.340 e. The first-order chi connectivity index (χ1) is 11.5. The molecule has 0 spiro atoms. The van der Waals surface area contributed by atoms with E-state index >= 15 is 0 Å². The van der Waals surface area contributed by atoms with E-state index in [2.05, 4.69) is 65.6 Å². The Kier molecular flexibility index (Phi) is 4.47. The van der Waals surface area contributed by atoms with Gasteiger partial charge in [-0.3, -0.25) is 0 Å². The van der Waals surface area contributed by atoms with Gasteiger partial charge in [-0.25, -0.2) is 4.98 Å². The molecule has 0 unspecified atom stereocenters. The molecule has 0 atom stereocenters. The zero-order chi connectivity index (χ0) is 17.1. The molecular formula is C20H22N4. The molecule has 0 aliphatic carbocycles. The van der Waals surface area contributed by atoms with Gasteiger partial charge in [0.15, 0.2) is 0 Å². The predicted octanol–water partition coefficient (Wildman–Crippen LogP) is 5.20. The fourth-order valence-corrected chi connectivity index (χ4v) is 2.72. The van der Waals surface area contributed by atoms with Crippen LogP contribution >= 0.6 is 0 Å². The second kappa shape index (κ2) is 6.71. The average Bonchev–Trinajstić information content (AvgIpc) is 2.48. The molecule has 3 rings (SSSR count). The van der Waals surface area contributed by atoms with E-state index < -0.39 is 0 Å². The van der Waals surface area contributed by atoms with Crippen LogP contribution in [-0.2, 0) is 0 Å².